The van der Waals surface area contributed by atoms with Crippen molar-refractivity contribution >= 4 is 11.9 Å². The van der Waals surface area contributed by atoms with Crippen molar-refractivity contribution < 1.29 is 19.1 Å². The van der Waals surface area contributed by atoms with Gasteiger partial charge in [-0.05, 0) is 38.2 Å². The summed E-state index contributed by atoms with van der Waals surface area (Å²) in [6.07, 6.45) is 8.31. The number of ether oxygens (including phenoxy) is 2. The fourth-order valence-corrected chi connectivity index (χ4v) is 4.97. The van der Waals surface area contributed by atoms with E-state index in [1.807, 2.05) is 18.2 Å². The Kier molecular flexibility index (Phi) is 7.67. The molecule has 4 rings (SSSR count). The molecular formula is C24H34N2O4. The number of amides is 1. The summed E-state index contributed by atoms with van der Waals surface area (Å²) in [5, 5.41) is 3.07. The van der Waals surface area contributed by atoms with Gasteiger partial charge in [0, 0.05) is 44.2 Å². The molecule has 2 bridgehead atoms. The Hall–Kier alpha value is -2.18. The van der Waals surface area contributed by atoms with Crippen LogP contribution in [-0.4, -0.2) is 55.7 Å². The molecule has 1 aliphatic carbocycles. The first-order valence-corrected chi connectivity index (χ1v) is 10.9. The molecule has 1 saturated heterocycles. The van der Waals surface area contributed by atoms with Crippen LogP contribution in [0.3, 0.4) is 0 Å². The molecule has 6 heteroatoms. The summed E-state index contributed by atoms with van der Waals surface area (Å²) in [7, 11) is 3.11. The van der Waals surface area contributed by atoms with Gasteiger partial charge in [0.25, 0.3) is 0 Å². The van der Waals surface area contributed by atoms with Crippen molar-refractivity contribution in [3.63, 3.8) is 0 Å². The normalized spacial score (nSPS) is 26.4. The maximum atomic E-state index is 13.3. The Morgan fingerprint density at radius 1 is 1.27 bits per heavy atom. The second-order valence-electron chi connectivity index (χ2n) is 8.32. The number of nitrogens with one attached hydrogen (secondary N) is 1. The molecule has 1 N–H and O–H groups in total. The van der Waals surface area contributed by atoms with Gasteiger partial charge in [0.1, 0.15) is 0 Å². The molecule has 0 spiro atoms. The number of esters is 1. The first-order chi connectivity index (χ1) is 14.5. The Morgan fingerprint density at radius 3 is 2.67 bits per heavy atom. The van der Waals surface area contributed by atoms with Crippen molar-refractivity contribution in [1.29, 1.82) is 0 Å². The monoisotopic (exact) mass is 414 g/mol. The second kappa shape index (κ2) is 10.2. The van der Waals surface area contributed by atoms with E-state index in [4.69, 9.17) is 4.74 Å². The number of methoxy groups -OCH3 is 2. The van der Waals surface area contributed by atoms with E-state index in [0.717, 1.165) is 19.3 Å². The lowest BCUT2D eigenvalue weighted by Gasteiger charge is -2.57. The van der Waals surface area contributed by atoms with Gasteiger partial charge in [0.05, 0.1) is 13.2 Å². The second-order valence-corrected chi connectivity index (χ2v) is 8.32. The highest BCUT2D eigenvalue weighted by Gasteiger charge is 2.52. The average Bonchev–Trinajstić information content (AvgIpc) is 2.80. The number of fused-ring (bicyclic) bond motifs is 2. The molecule has 4 atom stereocenters. The van der Waals surface area contributed by atoms with Gasteiger partial charge in [-0.3, -0.25) is 14.5 Å². The van der Waals surface area contributed by atoms with Crippen molar-refractivity contribution in [2.75, 3.05) is 27.4 Å². The molecule has 0 aromatic heterocycles. The van der Waals surface area contributed by atoms with Crippen LogP contribution in [0.25, 0.3) is 0 Å². The third kappa shape index (κ3) is 4.76. The standard InChI is InChI=1S/C24H34N2O4/c1-18(19-8-5-4-6-9-19)26-22(23(28)25-16-7-10-21(27)30-3)20-11-13-24(26,14-12-20)15-17-29-2/h4-6,8-9,11,13,18,20,22H,7,10,12,14-17H2,1-3H3,(H,25,28)/t18-,20+,22+,24-/m1/s1. The van der Waals surface area contributed by atoms with E-state index in [9.17, 15) is 9.59 Å². The van der Waals surface area contributed by atoms with Crippen LogP contribution in [0.15, 0.2) is 42.5 Å². The molecule has 0 unspecified atom stereocenters. The molecule has 1 aromatic carbocycles. The minimum Gasteiger partial charge on any atom is -0.469 e. The Balaban J connectivity index is 1.81. The topological polar surface area (TPSA) is 67.9 Å². The number of piperidine rings is 1. The SMILES string of the molecule is COCC[C@@]12C=C[C@@H](CC1)[C@@H](C(=O)NCCCC(=O)OC)N2[C@H](C)c1ccccc1. The van der Waals surface area contributed by atoms with Gasteiger partial charge >= 0.3 is 5.97 Å². The summed E-state index contributed by atoms with van der Waals surface area (Å²) in [5.74, 6) is -0.0126. The Labute approximate surface area is 179 Å². The summed E-state index contributed by atoms with van der Waals surface area (Å²) >= 11 is 0. The van der Waals surface area contributed by atoms with Crippen LogP contribution >= 0.6 is 0 Å². The van der Waals surface area contributed by atoms with Crippen molar-refractivity contribution in [2.45, 2.75) is 56.7 Å². The summed E-state index contributed by atoms with van der Waals surface area (Å²) in [4.78, 5) is 27.1. The van der Waals surface area contributed by atoms with Crippen LogP contribution in [0.2, 0.25) is 0 Å². The zero-order valence-electron chi connectivity index (χ0n) is 18.3. The number of carbonyl (C=O) groups is 2. The molecule has 6 nitrogen and oxygen atoms in total. The van der Waals surface area contributed by atoms with E-state index in [2.05, 4.69) is 46.2 Å². The summed E-state index contributed by atoms with van der Waals surface area (Å²) in [6, 6.07) is 10.2. The molecule has 1 amide bonds. The van der Waals surface area contributed by atoms with Gasteiger partial charge in [-0.25, -0.2) is 0 Å². The minimum atomic E-state index is -0.248. The van der Waals surface area contributed by atoms with Gasteiger partial charge in [-0.2, -0.15) is 0 Å². The highest BCUT2D eigenvalue weighted by Crippen LogP contribution is 2.48. The van der Waals surface area contributed by atoms with E-state index < -0.39 is 0 Å². The van der Waals surface area contributed by atoms with Gasteiger partial charge in [0.15, 0.2) is 0 Å². The highest BCUT2D eigenvalue weighted by atomic mass is 16.5. The fourth-order valence-electron chi connectivity index (χ4n) is 4.97. The van der Waals surface area contributed by atoms with Crippen molar-refractivity contribution in [2.24, 2.45) is 5.92 Å². The molecule has 0 saturated carbocycles. The van der Waals surface area contributed by atoms with Gasteiger partial charge < -0.3 is 14.8 Å². The van der Waals surface area contributed by atoms with E-state index in [1.54, 1.807) is 7.11 Å². The van der Waals surface area contributed by atoms with Gasteiger partial charge in [0.2, 0.25) is 5.91 Å². The Bertz CT molecular complexity index is 751. The quantitative estimate of drug-likeness (QED) is 0.362. The lowest BCUT2D eigenvalue weighted by molar-refractivity contribution is -0.141. The third-order valence-electron chi connectivity index (χ3n) is 6.58. The van der Waals surface area contributed by atoms with Crippen LogP contribution in [-0.2, 0) is 19.1 Å². The van der Waals surface area contributed by atoms with Crippen LogP contribution in [0.1, 0.15) is 50.6 Å². The van der Waals surface area contributed by atoms with Crippen LogP contribution in [0, 0.1) is 5.92 Å². The summed E-state index contributed by atoms with van der Waals surface area (Å²) in [6.45, 7) is 3.32. The largest absolute Gasteiger partial charge is 0.469 e. The summed E-state index contributed by atoms with van der Waals surface area (Å²) in [5.41, 5.74) is 1.02. The van der Waals surface area contributed by atoms with Crippen molar-refractivity contribution in [1.82, 2.24) is 10.2 Å². The Morgan fingerprint density at radius 2 is 2.03 bits per heavy atom. The molecule has 2 aliphatic heterocycles. The number of benzene rings is 1. The first-order valence-electron chi connectivity index (χ1n) is 10.9. The third-order valence-corrected chi connectivity index (χ3v) is 6.58. The number of nitrogens with zero attached hydrogens (tertiary/aromatic N) is 1. The maximum absolute atomic E-state index is 13.3. The van der Waals surface area contributed by atoms with Crippen molar-refractivity contribution in [3.05, 3.63) is 48.0 Å². The van der Waals surface area contributed by atoms with E-state index >= 15 is 0 Å². The number of carbonyl (C=O) groups excluding carboxylic acids is 2. The van der Waals surface area contributed by atoms with E-state index in [0.29, 0.717) is 26.0 Å². The lowest BCUT2D eigenvalue weighted by Crippen LogP contribution is -2.66. The van der Waals surface area contributed by atoms with E-state index in [-0.39, 0.29) is 35.4 Å². The molecule has 30 heavy (non-hydrogen) atoms. The van der Waals surface area contributed by atoms with Gasteiger partial charge in [-0.15, -0.1) is 0 Å². The molecule has 164 valence electrons. The zero-order valence-corrected chi connectivity index (χ0v) is 18.3. The molecule has 1 aromatic rings. The van der Waals surface area contributed by atoms with Gasteiger partial charge in [-0.1, -0.05) is 42.5 Å². The lowest BCUT2D eigenvalue weighted by atomic mass is 9.69. The summed E-state index contributed by atoms with van der Waals surface area (Å²) < 4.78 is 10.1. The predicted molar refractivity (Wildman–Crippen MR) is 116 cm³/mol. The van der Waals surface area contributed by atoms with Crippen LogP contribution in [0.5, 0.6) is 0 Å². The van der Waals surface area contributed by atoms with Crippen LogP contribution in [0.4, 0.5) is 0 Å². The molecule has 1 fully saturated rings. The fraction of sp³-hybridized carbons (Fsp3) is 0.583. The predicted octanol–water partition coefficient (Wildman–Crippen LogP) is 3.24. The number of hydrogen-bond donors (Lipinski definition) is 1. The van der Waals surface area contributed by atoms with Crippen molar-refractivity contribution in [3.8, 4) is 0 Å². The average molecular weight is 415 g/mol. The molecule has 2 heterocycles. The first kappa shape index (κ1) is 22.5. The molecular weight excluding hydrogens is 380 g/mol. The number of rotatable bonds is 10. The zero-order chi connectivity index (χ0) is 21.6. The van der Waals surface area contributed by atoms with Crippen LogP contribution < -0.4 is 5.32 Å². The highest BCUT2D eigenvalue weighted by molar-refractivity contribution is 5.83. The maximum Gasteiger partial charge on any atom is 0.305 e. The molecule has 0 radical (unpaired) electrons. The number of hydrogen-bond acceptors (Lipinski definition) is 5. The minimum absolute atomic E-state index is 0.0403. The molecule has 3 aliphatic rings. The smallest absolute Gasteiger partial charge is 0.305 e. The van der Waals surface area contributed by atoms with E-state index in [1.165, 1.54) is 12.7 Å².